The van der Waals surface area contributed by atoms with Gasteiger partial charge in [0.25, 0.3) is 5.52 Å². The van der Waals surface area contributed by atoms with Crippen LogP contribution >= 0.6 is 15.9 Å². The highest BCUT2D eigenvalue weighted by atomic mass is 79.9. The maximum absolute atomic E-state index is 9.39. The van der Waals surface area contributed by atoms with E-state index in [1.54, 1.807) is 12.3 Å². The third-order valence-electron chi connectivity index (χ3n) is 1.77. The topological polar surface area (TPSA) is 24.1 Å². The summed E-state index contributed by atoms with van der Waals surface area (Å²) in [6, 6.07) is 9.45. The predicted molar refractivity (Wildman–Crippen MR) is 49.0 cm³/mol. The van der Waals surface area contributed by atoms with Gasteiger partial charge in [0.15, 0.2) is 0 Å². The predicted octanol–water partition coefficient (Wildman–Crippen LogP) is 2.13. The van der Waals surface area contributed by atoms with Crippen molar-refractivity contribution in [1.29, 1.82) is 0 Å². The molecule has 12 heavy (non-hydrogen) atoms. The molecule has 0 saturated heterocycles. The minimum absolute atomic E-state index is 0.798. The second-order valence-electron chi connectivity index (χ2n) is 2.53. The first kappa shape index (κ1) is 7.55. The number of hydrogen-bond acceptors (Lipinski definition) is 1. The van der Waals surface area contributed by atoms with Crippen molar-refractivity contribution >= 4 is 26.8 Å². The van der Waals surface area contributed by atoms with Gasteiger partial charge in [0.1, 0.15) is 0 Å². The second kappa shape index (κ2) is 2.75. The molecule has 0 unspecified atom stereocenters. The number of hydrogen-bond donors (Lipinski definition) is 1. The third-order valence-corrected chi connectivity index (χ3v) is 2.46. The van der Waals surface area contributed by atoms with Gasteiger partial charge in [-0.2, -0.15) is 0 Å². The van der Waals surface area contributed by atoms with Gasteiger partial charge < -0.3 is 0 Å². The maximum atomic E-state index is 9.39. The van der Waals surface area contributed by atoms with Gasteiger partial charge in [-0.1, -0.05) is 6.07 Å². The van der Waals surface area contributed by atoms with Crippen molar-refractivity contribution in [3.05, 3.63) is 41.0 Å². The van der Waals surface area contributed by atoms with E-state index < -0.39 is 0 Å². The highest BCUT2D eigenvalue weighted by molar-refractivity contribution is 9.10. The summed E-state index contributed by atoms with van der Waals surface area (Å²) in [5.74, 6) is 0. The van der Waals surface area contributed by atoms with Crippen molar-refractivity contribution < 1.29 is 9.94 Å². The first-order valence-corrected chi connectivity index (χ1v) is 4.36. The molecule has 0 spiro atoms. The van der Waals surface area contributed by atoms with Gasteiger partial charge in [-0.15, -0.1) is 0 Å². The molecule has 60 valence electrons. The molecule has 2 aromatic rings. The van der Waals surface area contributed by atoms with Gasteiger partial charge >= 0.3 is 0 Å². The Kier molecular flexibility index (Phi) is 1.73. The van der Waals surface area contributed by atoms with Crippen LogP contribution in [0.15, 0.2) is 41.0 Å². The largest absolute Gasteiger partial charge is 0.285 e. The van der Waals surface area contributed by atoms with Crippen LogP contribution in [-0.4, -0.2) is 5.21 Å². The van der Waals surface area contributed by atoms with Crippen LogP contribution in [0.2, 0.25) is 0 Å². The standard InChI is InChI=1S/C9H7BrNO/c10-8-4-1-5-9-7(8)3-2-6-11(9)12/h1-6,12H/q+1. The molecule has 0 atom stereocenters. The van der Waals surface area contributed by atoms with Crippen molar-refractivity contribution in [3.8, 4) is 0 Å². The van der Waals surface area contributed by atoms with E-state index in [0.717, 1.165) is 20.1 Å². The number of aromatic nitrogens is 1. The Balaban J connectivity index is 2.94. The average Bonchev–Trinajstić information content (AvgIpc) is 2.07. The number of rotatable bonds is 0. The van der Waals surface area contributed by atoms with E-state index in [4.69, 9.17) is 0 Å². The fourth-order valence-electron chi connectivity index (χ4n) is 1.19. The summed E-state index contributed by atoms with van der Waals surface area (Å²) in [7, 11) is 0. The van der Waals surface area contributed by atoms with Crippen LogP contribution in [0.3, 0.4) is 0 Å². The van der Waals surface area contributed by atoms with Gasteiger partial charge in [-0.3, -0.25) is 5.21 Å². The molecule has 3 heteroatoms. The summed E-state index contributed by atoms with van der Waals surface area (Å²) >= 11 is 3.41. The molecule has 0 radical (unpaired) electrons. The number of pyridine rings is 1. The number of halogens is 1. The molecule has 2 rings (SSSR count). The summed E-state index contributed by atoms with van der Waals surface area (Å²) in [6.45, 7) is 0. The van der Waals surface area contributed by atoms with Crippen LogP contribution in [0.5, 0.6) is 0 Å². The second-order valence-corrected chi connectivity index (χ2v) is 3.38. The fourth-order valence-corrected chi connectivity index (χ4v) is 1.68. The Hall–Kier alpha value is -1.09. The lowest BCUT2D eigenvalue weighted by atomic mass is 10.2. The van der Waals surface area contributed by atoms with Crippen molar-refractivity contribution in [2.45, 2.75) is 0 Å². The molecular formula is C9H7BrNO+. The summed E-state index contributed by atoms with van der Waals surface area (Å²) in [5, 5.41) is 10.4. The Morgan fingerprint density at radius 1 is 1.17 bits per heavy atom. The van der Waals surface area contributed by atoms with E-state index in [1.807, 2.05) is 24.3 Å². The van der Waals surface area contributed by atoms with Crippen LogP contribution in [0, 0.1) is 0 Å². The van der Waals surface area contributed by atoms with E-state index in [0.29, 0.717) is 0 Å². The van der Waals surface area contributed by atoms with Gasteiger partial charge in [-0.25, -0.2) is 0 Å². The summed E-state index contributed by atoms with van der Waals surface area (Å²) in [6.07, 6.45) is 1.61. The van der Waals surface area contributed by atoms with Crippen molar-refractivity contribution in [3.63, 3.8) is 0 Å². The lowest BCUT2D eigenvalue weighted by Crippen LogP contribution is -2.29. The molecule has 0 aliphatic rings. The summed E-state index contributed by atoms with van der Waals surface area (Å²) in [5.41, 5.74) is 0.798. The fraction of sp³-hybridized carbons (Fsp3) is 0. The number of benzene rings is 1. The molecule has 0 aliphatic carbocycles. The van der Waals surface area contributed by atoms with Gasteiger partial charge in [0.05, 0.1) is 5.39 Å². The van der Waals surface area contributed by atoms with Crippen molar-refractivity contribution in [2.24, 2.45) is 0 Å². The zero-order chi connectivity index (χ0) is 8.55. The molecular weight excluding hydrogens is 218 g/mol. The van der Waals surface area contributed by atoms with E-state index in [-0.39, 0.29) is 0 Å². The molecule has 1 aromatic heterocycles. The lowest BCUT2D eigenvalue weighted by Gasteiger charge is -1.94. The number of fused-ring (bicyclic) bond motifs is 1. The Morgan fingerprint density at radius 2 is 2.00 bits per heavy atom. The molecule has 0 bridgehead atoms. The molecule has 1 aromatic carbocycles. The first-order chi connectivity index (χ1) is 5.79. The normalized spacial score (nSPS) is 10.4. The number of nitrogens with zero attached hydrogens (tertiary/aromatic N) is 1. The Morgan fingerprint density at radius 3 is 2.75 bits per heavy atom. The van der Waals surface area contributed by atoms with Crippen LogP contribution in [0.1, 0.15) is 0 Å². The summed E-state index contributed by atoms with van der Waals surface area (Å²) < 4.78 is 2.10. The Bertz CT molecular complexity index is 387. The molecule has 1 N–H and O–H groups in total. The molecule has 0 amide bonds. The highest BCUT2D eigenvalue weighted by Crippen LogP contribution is 2.20. The zero-order valence-electron chi connectivity index (χ0n) is 6.24. The Labute approximate surface area is 78.2 Å². The van der Waals surface area contributed by atoms with Crippen LogP contribution in [-0.2, 0) is 0 Å². The first-order valence-electron chi connectivity index (χ1n) is 3.57. The minimum Gasteiger partial charge on any atom is -0.285 e. The summed E-state index contributed by atoms with van der Waals surface area (Å²) in [4.78, 5) is 0. The molecule has 0 fully saturated rings. The molecule has 1 heterocycles. The van der Waals surface area contributed by atoms with Crippen LogP contribution < -0.4 is 4.73 Å². The molecule has 2 nitrogen and oxygen atoms in total. The van der Waals surface area contributed by atoms with Crippen molar-refractivity contribution in [1.82, 2.24) is 0 Å². The minimum atomic E-state index is 0.798. The SMILES string of the molecule is O[n+]1cccc2c(Br)cccc21. The third kappa shape index (κ3) is 1.06. The van der Waals surface area contributed by atoms with E-state index in [9.17, 15) is 5.21 Å². The maximum Gasteiger partial charge on any atom is 0.265 e. The lowest BCUT2D eigenvalue weighted by molar-refractivity contribution is -0.884. The molecule has 0 saturated carbocycles. The van der Waals surface area contributed by atoms with Gasteiger partial charge in [0.2, 0.25) is 6.20 Å². The quantitative estimate of drug-likeness (QED) is 0.539. The van der Waals surface area contributed by atoms with Crippen LogP contribution in [0.4, 0.5) is 0 Å². The monoisotopic (exact) mass is 224 g/mol. The van der Waals surface area contributed by atoms with Crippen molar-refractivity contribution in [2.75, 3.05) is 0 Å². The zero-order valence-corrected chi connectivity index (χ0v) is 7.82. The van der Waals surface area contributed by atoms with E-state index in [1.165, 1.54) is 0 Å². The highest BCUT2D eigenvalue weighted by Gasteiger charge is 2.07. The molecule has 0 aliphatic heterocycles. The van der Waals surface area contributed by atoms with Crippen LogP contribution in [0.25, 0.3) is 10.9 Å². The average molecular weight is 225 g/mol. The van der Waals surface area contributed by atoms with Gasteiger partial charge in [-0.05, 0) is 28.1 Å². The van der Waals surface area contributed by atoms with E-state index in [2.05, 4.69) is 15.9 Å². The van der Waals surface area contributed by atoms with E-state index >= 15 is 0 Å². The smallest absolute Gasteiger partial charge is 0.265 e. The van der Waals surface area contributed by atoms with Gasteiger partial charge in [0, 0.05) is 21.3 Å².